The summed E-state index contributed by atoms with van der Waals surface area (Å²) in [7, 11) is -6.01. The molecule has 4 amide bonds. The Balaban J connectivity index is 1.87. The number of nitrogens with zero attached hydrogens (tertiary/aromatic N) is 2. The molecule has 36 heavy (non-hydrogen) atoms. The molecule has 0 aromatic rings. The number of carbonyl (C=O) groups excluding carboxylic acids is 4. The fourth-order valence-electron chi connectivity index (χ4n) is 4.76. The second-order valence-electron chi connectivity index (χ2n) is 11.7. The van der Waals surface area contributed by atoms with Crippen LogP contribution in [0.1, 0.15) is 33.1 Å². The highest BCUT2D eigenvalue weighted by molar-refractivity contribution is 6.81. The molecule has 2 rings (SSSR count). The predicted molar refractivity (Wildman–Crippen MR) is 149 cm³/mol. The van der Waals surface area contributed by atoms with E-state index < -0.39 is 24.7 Å². The quantitative estimate of drug-likeness (QED) is 0.225. The Hall–Kier alpha value is -1.67. The van der Waals surface area contributed by atoms with Gasteiger partial charge in [0, 0.05) is 43.1 Å². The van der Waals surface area contributed by atoms with Crippen LogP contribution in [0.5, 0.6) is 0 Å². The molecule has 11 heteroatoms. The SMILES string of the molecule is CCC(O[Si](C)(C)C(C)O[Si](C)(C)CCCN1C(=O)C=CC1=O)[Si](C)(C)CCCN1C(=O)C=CC1=O. The molecule has 2 aliphatic heterocycles. The van der Waals surface area contributed by atoms with Gasteiger partial charge in [-0.15, -0.1) is 0 Å². The molecule has 2 unspecified atom stereocenters. The van der Waals surface area contributed by atoms with Crippen LogP contribution in [0.2, 0.25) is 51.4 Å². The summed E-state index contributed by atoms with van der Waals surface area (Å²) in [5.41, 5.74) is 0.193. The van der Waals surface area contributed by atoms with Gasteiger partial charge in [-0.3, -0.25) is 29.0 Å². The van der Waals surface area contributed by atoms with E-state index in [1.807, 2.05) is 0 Å². The lowest BCUT2D eigenvalue weighted by atomic mass is 10.4. The molecule has 8 nitrogen and oxygen atoms in total. The zero-order valence-electron chi connectivity index (χ0n) is 23.3. The van der Waals surface area contributed by atoms with Crippen LogP contribution in [0.25, 0.3) is 0 Å². The van der Waals surface area contributed by atoms with Crippen LogP contribution in [0.3, 0.4) is 0 Å². The lowest BCUT2D eigenvalue weighted by molar-refractivity contribution is -0.138. The summed E-state index contributed by atoms with van der Waals surface area (Å²) >= 11 is 0. The average molecular weight is 553 g/mol. The summed E-state index contributed by atoms with van der Waals surface area (Å²) < 4.78 is 13.5. The van der Waals surface area contributed by atoms with Crippen LogP contribution in [0.4, 0.5) is 0 Å². The molecule has 0 fully saturated rings. The van der Waals surface area contributed by atoms with E-state index in [2.05, 4.69) is 53.1 Å². The average Bonchev–Trinajstić information content (AvgIpc) is 3.26. The molecule has 0 radical (unpaired) electrons. The van der Waals surface area contributed by atoms with E-state index in [-0.39, 0.29) is 35.1 Å². The second-order valence-corrected chi connectivity index (χ2v) is 25.3. The molecule has 2 aliphatic rings. The fraction of sp³-hybridized carbons (Fsp3) is 0.680. The molecule has 0 N–H and O–H groups in total. The lowest BCUT2D eigenvalue weighted by Gasteiger charge is -2.42. The van der Waals surface area contributed by atoms with Gasteiger partial charge in [0.25, 0.3) is 23.6 Å². The first-order valence-electron chi connectivity index (χ1n) is 13.0. The van der Waals surface area contributed by atoms with E-state index in [1.54, 1.807) is 0 Å². The molecule has 0 aromatic carbocycles. The Labute approximate surface area is 219 Å². The van der Waals surface area contributed by atoms with Gasteiger partial charge in [0.2, 0.25) is 8.32 Å². The van der Waals surface area contributed by atoms with E-state index >= 15 is 0 Å². The standard InChI is InChI=1S/C25H44N2O6Si3/c1-9-25(34(3,4)18-10-16-26-21(28)12-13-22(26)29)33-36(7,8)20(2)32-35(5,6)19-11-17-27-23(30)14-15-24(27)31/h12-15,20,25H,9-11,16-19H2,1-8H3. The summed E-state index contributed by atoms with van der Waals surface area (Å²) in [6.07, 6.45) is 7.79. The van der Waals surface area contributed by atoms with Gasteiger partial charge in [-0.05, 0) is 58.4 Å². The highest BCUT2D eigenvalue weighted by Crippen LogP contribution is 2.29. The minimum absolute atomic E-state index is 0.0145. The van der Waals surface area contributed by atoms with Gasteiger partial charge < -0.3 is 8.85 Å². The molecule has 0 aliphatic carbocycles. The van der Waals surface area contributed by atoms with Crippen molar-refractivity contribution in [1.82, 2.24) is 9.80 Å². The molecule has 0 saturated carbocycles. The number of imide groups is 2. The predicted octanol–water partition coefficient (Wildman–Crippen LogP) is 4.01. The zero-order valence-corrected chi connectivity index (χ0v) is 26.3. The van der Waals surface area contributed by atoms with Gasteiger partial charge >= 0.3 is 0 Å². The van der Waals surface area contributed by atoms with Gasteiger partial charge in [-0.25, -0.2) is 0 Å². The van der Waals surface area contributed by atoms with Crippen LogP contribution in [-0.2, 0) is 28.0 Å². The maximum Gasteiger partial charge on any atom is 0.253 e. The Bertz CT molecular complexity index is 879. The highest BCUT2D eigenvalue weighted by atomic mass is 28.4. The summed E-state index contributed by atoms with van der Waals surface area (Å²) in [4.78, 5) is 49.8. The monoisotopic (exact) mass is 552 g/mol. The molecule has 202 valence electrons. The summed E-state index contributed by atoms with van der Waals surface area (Å²) in [6, 6.07) is 1.84. The number of hydrogen-bond acceptors (Lipinski definition) is 6. The Morgan fingerprint density at radius 2 is 1.14 bits per heavy atom. The summed E-state index contributed by atoms with van der Waals surface area (Å²) in [6.45, 7) is 18.7. The third-order valence-electron chi connectivity index (χ3n) is 7.33. The Morgan fingerprint density at radius 1 is 0.722 bits per heavy atom. The first kappa shape index (κ1) is 30.6. The van der Waals surface area contributed by atoms with Crippen molar-refractivity contribution in [3.63, 3.8) is 0 Å². The molecule has 0 spiro atoms. The Kier molecular flexibility index (Phi) is 10.4. The largest absolute Gasteiger partial charge is 0.415 e. The normalized spacial score (nSPS) is 18.7. The fourth-order valence-corrected chi connectivity index (χ4v) is 14.7. The van der Waals surface area contributed by atoms with Crippen LogP contribution in [0.15, 0.2) is 24.3 Å². The maximum atomic E-state index is 11.8. The molecular formula is C25H44N2O6Si3. The van der Waals surface area contributed by atoms with Crippen molar-refractivity contribution in [2.75, 3.05) is 13.1 Å². The van der Waals surface area contributed by atoms with Crippen LogP contribution < -0.4 is 0 Å². The van der Waals surface area contributed by atoms with Gasteiger partial charge in [-0.1, -0.05) is 26.1 Å². The van der Waals surface area contributed by atoms with E-state index in [0.717, 1.165) is 31.4 Å². The summed E-state index contributed by atoms with van der Waals surface area (Å²) in [5, 5.41) is 0. The summed E-state index contributed by atoms with van der Waals surface area (Å²) in [5.74, 6) is -0.902. The van der Waals surface area contributed by atoms with Crippen molar-refractivity contribution in [3.8, 4) is 0 Å². The topological polar surface area (TPSA) is 93.2 Å². The van der Waals surface area contributed by atoms with E-state index in [4.69, 9.17) is 8.85 Å². The van der Waals surface area contributed by atoms with E-state index in [9.17, 15) is 19.2 Å². The van der Waals surface area contributed by atoms with Crippen molar-refractivity contribution in [3.05, 3.63) is 24.3 Å². The molecule has 2 atom stereocenters. The third-order valence-corrected chi connectivity index (χ3v) is 17.2. The van der Waals surface area contributed by atoms with Crippen molar-refractivity contribution >= 4 is 48.3 Å². The number of rotatable bonds is 15. The third kappa shape index (κ3) is 8.17. The number of hydrogen-bond donors (Lipinski definition) is 0. The lowest BCUT2D eigenvalue weighted by Crippen LogP contribution is -2.56. The Morgan fingerprint density at radius 3 is 1.56 bits per heavy atom. The number of amides is 4. The van der Waals surface area contributed by atoms with Crippen LogP contribution in [-0.4, -0.2) is 82.7 Å². The molecule has 2 heterocycles. The van der Waals surface area contributed by atoms with Crippen LogP contribution >= 0.6 is 0 Å². The van der Waals surface area contributed by atoms with Crippen molar-refractivity contribution in [2.45, 2.75) is 95.9 Å². The maximum absolute atomic E-state index is 11.8. The zero-order chi connectivity index (χ0) is 27.3. The second kappa shape index (κ2) is 12.2. The minimum atomic E-state index is -2.19. The van der Waals surface area contributed by atoms with Crippen LogP contribution in [0, 0.1) is 0 Å². The molecule has 0 saturated heterocycles. The van der Waals surface area contributed by atoms with Crippen molar-refractivity contribution in [1.29, 1.82) is 0 Å². The van der Waals surface area contributed by atoms with Crippen molar-refractivity contribution in [2.24, 2.45) is 0 Å². The first-order valence-corrected chi connectivity index (χ1v) is 22.4. The van der Waals surface area contributed by atoms with Gasteiger partial charge in [-0.2, -0.15) is 0 Å². The number of carbonyl (C=O) groups is 4. The van der Waals surface area contributed by atoms with Gasteiger partial charge in [0.15, 0.2) is 8.32 Å². The highest BCUT2D eigenvalue weighted by Gasteiger charge is 2.42. The van der Waals surface area contributed by atoms with E-state index in [0.29, 0.717) is 13.1 Å². The van der Waals surface area contributed by atoms with E-state index in [1.165, 1.54) is 34.1 Å². The smallest absolute Gasteiger partial charge is 0.253 e. The minimum Gasteiger partial charge on any atom is -0.415 e. The first-order chi connectivity index (χ1) is 16.6. The molecular weight excluding hydrogens is 509 g/mol. The van der Waals surface area contributed by atoms with Gasteiger partial charge in [0.05, 0.1) is 13.8 Å². The van der Waals surface area contributed by atoms with Gasteiger partial charge in [0.1, 0.15) is 0 Å². The molecule has 0 bridgehead atoms. The van der Waals surface area contributed by atoms with Crippen molar-refractivity contribution < 1.29 is 28.0 Å². The molecule has 0 aromatic heterocycles.